The van der Waals surface area contributed by atoms with E-state index in [-0.39, 0.29) is 23.7 Å². The summed E-state index contributed by atoms with van der Waals surface area (Å²) in [5.41, 5.74) is 5.52. The predicted molar refractivity (Wildman–Crippen MR) is 203 cm³/mol. The first-order chi connectivity index (χ1) is 26.0. The van der Waals surface area contributed by atoms with Crippen molar-refractivity contribution in [1.29, 1.82) is 0 Å². The lowest BCUT2D eigenvalue weighted by atomic mass is 9.87. The molecule has 280 valence electrons. The average molecular weight is 736 g/mol. The molecule has 6 rings (SSSR count). The fourth-order valence-electron chi connectivity index (χ4n) is 6.17. The molecule has 0 saturated carbocycles. The van der Waals surface area contributed by atoms with Crippen molar-refractivity contribution in [2.45, 2.75) is 45.8 Å². The van der Waals surface area contributed by atoms with Gasteiger partial charge in [-0.05, 0) is 76.2 Å². The predicted octanol–water partition coefficient (Wildman–Crippen LogP) is 9.15. The minimum Gasteiger partial charge on any atom is -0.493 e. The third-order valence-electron chi connectivity index (χ3n) is 9.29. The van der Waals surface area contributed by atoms with Gasteiger partial charge in [-0.1, -0.05) is 63.2 Å². The number of aromatic nitrogens is 1. The zero-order valence-corrected chi connectivity index (χ0v) is 30.7. The van der Waals surface area contributed by atoms with Gasteiger partial charge in [0.2, 0.25) is 5.88 Å². The van der Waals surface area contributed by atoms with E-state index in [0.717, 1.165) is 50.2 Å². The molecule has 4 aromatic carbocycles. The summed E-state index contributed by atoms with van der Waals surface area (Å²) >= 11 is 0. The van der Waals surface area contributed by atoms with Crippen LogP contribution in [0, 0.1) is 17.5 Å². The van der Waals surface area contributed by atoms with Crippen molar-refractivity contribution in [2.24, 2.45) is 0 Å². The zero-order valence-electron chi connectivity index (χ0n) is 30.7. The van der Waals surface area contributed by atoms with E-state index in [9.17, 15) is 13.6 Å². The number of allylic oxidation sites excluding steroid dienone is 1. The monoisotopic (exact) mass is 735 g/mol. The molecule has 1 saturated heterocycles. The molecule has 0 N–H and O–H groups in total. The first-order valence-electron chi connectivity index (χ1n) is 18.0. The summed E-state index contributed by atoms with van der Waals surface area (Å²) in [4.78, 5) is 20.3. The summed E-state index contributed by atoms with van der Waals surface area (Å²) in [7, 11) is 0. The molecule has 5 aromatic rings. The highest BCUT2D eigenvalue weighted by atomic mass is 19.2. The molecule has 1 aliphatic heterocycles. The summed E-state index contributed by atoms with van der Waals surface area (Å²) in [6.45, 7) is 11.0. The topological polar surface area (TPSA) is 64.1 Å². The molecule has 0 amide bonds. The Balaban J connectivity index is 0.963. The summed E-state index contributed by atoms with van der Waals surface area (Å²) in [6, 6.07) is 28.2. The van der Waals surface area contributed by atoms with Gasteiger partial charge in [0.05, 0.1) is 12.8 Å². The Hall–Kier alpha value is -5.61. The first-order valence-corrected chi connectivity index (χ1v) is 18.0. The van der Waals surface area contributed by atoms with Crippen molar-refractivity contribution in [3.05, 3.63) is 155 Å². The van der Waals surface area contributed by atoms with Crippen molar-refractivity contribution in [1.82, 2.24) is 14.8 Å². The number of halogens is 3. The summed E-state index contributed by atoms with van der Waals surface area (Å²) in [5.74, 6) is -1.11. The number of pyridine rings is 1. The highest BCUT2D eigenvalue weighted by Gasteiger charge is 2.21. The minimum atomic E-state index is -0.951. The van der Waals surface area contributed by atoms with E-state index in [4.69, 9.17) is 14.2 Å². The molecule has 54 heavy (non-hydrogen) atoms. The maximum Gasteiger partial charge on any atom is 0.219 e. The van der Waals surface area contributed by atoms with E-state index in [2.05, 4.69) is 72.0 Å². The van der Waals surface area contributed by atoms with E-state index in [1.165, 1.54) is 53.2 Å². The van der Waals surface area contributed by atoms with E-state index < -0.39 is 17.5 Å². The Bertz CT molecular complexity index is 2040. The number of ether oxygens (including phenoxy) is 3. The Kier molecular flexibility index (Phi) is 12.3. The highest BCUT2D eigenvalue weighted by molar-refractivity contribution is 5.81. The van der Waals surface area contributed by atoms with Crippen molar-refractivity contribution in [3.63, 3.8) is 0 Å². The van der Waals surface area contributed by atoms with Crippen LogP contribution in [0.2, 0.25) is 0 Å². The molecule has 7 nitrogen and oxygen atoms in total. The molecule has 1 fully saturated rings. The number of hydrogen-bond donors (Lipinski definition) is 0. The number of piperazine rings is 1. The van der Waals surface area contributed by atoms with E-state index in [0.29, 0.717) is 42.3 Å². The van der Waals surface area contributed by atoms with Crippen molar-refractivity contribution in [2.75, 3.05) is 32.8 Å². The van der Waals surface area contributed by atoms with Crippen LogP contribution in [-0.2, 0) is 29.8 Å². The van der Waals surface area contributed by atoms with Crippen LogP contribution in [0.25, 0.3) is 5.70 Å². The first kappa shape index (κ1) is 38.1. The normalized spacial score (nSPS) is 13.8. The number of carbonyl (C=O) groups excluding carboxylic acids is 1. The van der Waals surface area contributed by atoms with E-state index in [1.807, 2.05) is 12.1 Å². The lowest BCUT2D eigenvalue weighted by molar-refractivity contribution is -0.104. The molecule has 1 aliphatic rings. The maximum atomic E-state index is 15.3. The van der Waals surface area contributed by atoms with Gasteiger partial charge in [-0.25, -0.2) is 18.2 Å². The van der Waals surface area contributed by atoms with Gasteiger partial charge in [-0.2, -0.15) is 0 Å². The molecule has 0 unspecified atom stereocenters. The fraction of sp³-hybridized carbons (Fsp3) is 0.273. The largest absolute Gasteiger partial charge is 0.493 e. The molecule has 2 heterocycles. The van der Waals surface area contributed by atoms with Crippen LogP contribution in [0.3, 0.4) is 0 Å². The Labute approximate surface area is 314 Å². The van der Waals surface area contributed by atoms with E-state index in [1.54, 1.807) is 12.1 Å². The maximum absolute atomic E-state index is 15.3. The molecule has 1 aromatic heterocycles. The van der Waals surface area contributed by atoms with Crippen LogP contribution in [0.1, 0.15) is 48.6 Å². The van der Waals surface area contributed by atoms with Gasteiger partial charge in [0, 0.05) is 62.5 Å². The lowest BCUT2D eigenvalue weighted by Crippen LogP contribution is -2.45. The lowest BCUT2D eigenvalue weighted by Gasteiger charge is -2.37. The van der Waals surface area contributed by atoms with E-state index >= 15 is 4.39 Å². The molecule has 0 aliphatic carbocycles. The quantitative estimate of drug-likeness (QED) is 0.0833. The zero-order chi connectivity index (χ0) is 38.1. The van der Waals surface area contributed by atoms with Gasteiger partial charge in [-0.15, -0.1) is 0 Å². The number of benzene rings is 4. The minimum absolute atomic E-state index is 0.0143. The molecule has 0 spiro atoms. The Morgan fingerprint density at radius 1 is 0.741 bits per heavy atom. The fourth-order valence-corrected chi connectivity index (χ4v) is 6.17. The van der Waals surface area contributed by atoms with Crippen LogP contribution in [0.4, 0.5) is 13.2 Å². The SMILES string of the molecule is CC(C)(C)c1ccc(OCCc2ccc(CN3CCN(/C(=C\C=O)c4ccc(Oc5ccc(OCc6ccc(F)c(F)c6)cn5)c(F)c4)CC3)cc2)cc1. The number of nitrogens with zero attached hydrogens (tertiary/aromatic N) is 3. The van der Waals surface area contributed by atoms with Crippen LogP contribution >= 0.6 is 0 Å². The Morgan fingerprint density at radius 3 is 2.09 bits per heavy atom. The molecular formula is C44H44F3N3O4. The molecule has 0 radical (unpaired) electrons. The summed E-state index contributed by atoms with van der Waals surface area (Å²) < 4.78 is 59.2. The standard InChI is InChI=1S/C44H44F3N3O4/c1-44(2,3)35-10-12-36(13-11-35)52-25-19-31-4-6-32(7-5-31)29-49-20-22-50(23-21-49)41(18-24-51)34-9-16-42(40(47)27-34)54-43-17-14-37(28-48-43)53-30-33-8-15-38(45)39(46)26-33/h4-18,24,26-28H,19-23,25,29-30H2,1-3H3/b41-18-. The average Bonchev–Trinajstić information content (AvgIpc) is 3.17. The van der Waals surface area contributed by atoms with Crippen molar-refractivity contribution >= 4 is 12.0 Å². The number of rotatable bonds is 14. The van der Waals surface area contributed by atoms with Crippen molar-refractivity contribution in [3.8, 4) is 23.1 Å². The van der Waals surface area contributed by atoms with Crippen LogP contribution < -0.4 is 14.2 Å². The van der Waals surface area contributed by atoms with Gasteiger partial charge in [0.1, 0.15) is 24.4 Å². The second kappa shape index (κ2) is 17.5. The molecular weight excluding hydrogens is 691 g/mol. The third kappa shape index (κ3) is 10.3. The second-order valence-electron chi connectivity index (χ2n) is 14.3. The second-order valence-corrected chi connectivity index (χ2v) is 14.3. The summed E-state index contributed by atoms with van der Waals surface area (Å²) in [5, 5.41) is 0. The number of hydrogen-bond acceptors (Lipinski definition) is 7. The van der Waals surface area contributed by atoms with Gasteiger partial charge in [0.15, 0.2) is 23.2 Å². The molecule has 0 atom stereocenters. The highest BCUT2D eigenvalue weighted by Crippen LogP contribution is 2.30. The van der Waals surface area contributed by atoms with Crippen LogP contribution in [-0.4, -0.2) is 53.9 Å². The van der Waals surface area contributed by atoms with Gasteiger partial charge < -0.3 is 19.1 Å². The smallest absolute Gasteiger partial charge is 0.219 e. The molecule has 0 bridgehead atoms. The number of aldehydes is 1. The number of carbonyl (C=O) groups is 1. The Morgan fingerprint density at radius 2 is 1.44 bits per heavy atom. The van der Waals surface area contributed by atoms with Crippen LogP contribution in [0.5, 0.6) is 23.1 Å². The van der Waals surface area contributed by atoms with Gasteiger partial charge in [-0.3, -0.25) is 9.69 Å². The molecule has 10 heteroatoms. The third-order valence-corrected chi connectivity index (χ3v) is 9.29. The van der Waals surface area contributed by atoms with Gasteiger partial charge in [0.25, 0.3) is 0 Å². The summed E-state index contributed by atoms with van der Waals surface area (Å²) in [6.07, 6.45) is 4.41. The van der Waals surface area contributed by atoms with Crippen LogP contribution in [0.15, 0.2) is 109 Å². The van der Waals surface area contributed by atoms with Crippen molar-refractivity contribution < 1.29 is 32.2 Å². The van der Waals surface area contributed by atoms with Gasteiger partial charge >= 0.3 is 0 Å².